The lowest BCUT2D eigenvalue weighted by atomic mass is 9.83. The van der Waals surface area contributed by atoms with Crippen LogP contribution in [0.4, 0.5) is 0 Å². The molecule has 0 aromatic heterocycles. The van der Waals surface area contributed by atoms with Crippen LogP contribution in [0.3, 0.4) is 0 Å². The number of nitrogens with two attached hydrogens (primary N) is 5. The third-order valence-corrected chi connectivity index (χ3v) is 9.13. The second-order valence-electron chi connectivity index (χ2n) is 12.7. The third-order valence-electron chi connectivity index (χ3n) is 9.13. The minimum Gasteiger partial charge on any atom is -0.394 e. The SMILES string of the molecule is NCCCNCC1C=CCC(OC2C(N)CC(NC(=O)C(O)CN)C(O)C2OC2OC(CO)C(OC3OC(CN)C(O)C(O)C3N)C2O)O1. The molecule has 284 valence electrons. The zero-order chi connectivity index (χ0) is 35.8. The van der Waals surface area contributed by atoms with E-state index in [4.69, 9.17) is 57.1 Å². The number of nitrogens with one attached hydrogen (secondary N) is 2. The molecule has 1 saturated carbocycles. The summed E-state index contributed by atoms with van der Waals surface area (Å²) in [6, 6.07) is -3.15. The van der Waals surface area contributed by atoms with Crippen molar-refractivity contribution >= 4 is 5.91 Å². The van der Waals surface area contributed by atoms with Gasteiger partial charge in [-0.1, -0.05) is 12.2 Å². The number of aliphatic hydroxyl groups is 6. The van der Waals surface area contributed by atoms with Gasteiger partial charge in [0.2, 0.25) is 5.91 Å². The van der Waals surface area contributed by atoms with Crippen molar-refractivity contribution in [3.05, 3.63) is 12.2 Å². The second-order valence-corrected chi connectivity index (χ2v) is 12.7. The molecule has 0 radical (unpaired) electrons. The molecule has 3 aliphatic heterocycles. The summed E-state index contributed by atoms with van der Waals surface area (Å²) in [6.45, 7) is 0.567. The maximum absolute atomic E-state index is 12.5. The molecule has 0 spiro atoms. The smallest absolute Gasteiger partial charge is 0.250 e. The van der Waals surface area contributed by atoms with E-state index in [9.17, 15) is 35.4 Å². The van der Waals surface area contributed by atoms with Gasteiger partial charge in [-0.05, 0) is 25.9 Å². The minimum atomic E-state index is -1.62. The van der Waals surface area contributed by atoms with E-state index in [1.807, 2.05) is 12.2 Å². The topological polar surface area (TPSA) is 348 Å². The first-order chi connectivity index (χ1) is 23.4. The molecule has 20 nitrogen and oxygen atoms in total. The molecule has 17 atom stereocenters. The number of carbonyl (C=O) groups is 1. The molecule has 3 fully saturated rings. The normalized spacial score (nSPS) is 43.4. The lowest BCUT2D eigenvalue weighted by Crippen LogP contribution is -2.66. The van der Waals surface area contributed by atoms with Crippen LogP contribution >= 0.6 is 0 Å². The zero-order valence-electron chi connectivity index (χ0n) is 27.3. The van der Waals surface area contributed by atoms with Crippen LogP contribution in [0, 0.1) is 0 Å². The van der Waals surface area contributed by atoms with E-state index in [0.717, 1.165) is 6.42 Å². The van der Waals surface area contributed by atoms with Gasteiger partial charge in [-0.25, -0.2) is 0 Å². The Labute approximate surface area is 284 Å². The predicted octanol–water partition coefficient (Wildman–Crippen LogP) is -7.54. The van der Waals surface area contributed by atoms with Gasteiger partial charge in [-0.3, -0.25) is 4.79 Å². The first-order valence-corrected chi connectivity index (χ1v) is 16.7. The van der Waals surface area contributed by atoms with E-state index in [1.54, 1.807) is 0 Å². The fourth-order valence-electron chi connectivity index (χ4n) is 6.30. The Kier molecular flexibility index (Phi) is 15.5. The standard InChI is InChI=1S/C29H55N7O13/c30-5-2-6-35-10-12-3-1-4-18(44-12)47-24-13(33)7-14(36-27(43)15(38)8-31)20(39)26(24)49-29-23(42)25(17(11-37)46-29)48-28-19(34)22(41)21(40)16(9-32)45-28/h1,3,12-26,28-29,35,37-42H,2,4-11,30-34H2,(H,36,43). The van der Waals surface area contributed by atoms with Crippen LogP contribution in [0.2, 0.25) is 0 Å². The van der Waals surface area contributed by atoms with E-state index in [0.29, 0.717) is 26.1 Å². The molecular formula is C29H55N7O13. The number of hydrogen-bond acceptors (Lipinski definition) is 19. The van der Waals surface area contributed by atoms with Crippen LogP contribution < -0.4 is 39.3 Å². The third kappa shape index (κ3) is 9.88. The van der Waals surface area contributed by atoms with Gasteiger partial charge in [0.25, 0.3) is 0 Å². The van der Waals surface area contributed by atoms with E-state index >= 15 is 0 Å². The predicted molar refractivity (Wildman–Crippen MR) is 169 cm³/mol. The number of hydrogen-bond donors (Lipinski definition) is 13. The van der Waals surface area contributed by atoms with Gasteiger partial charge in [-0.15, -0.1) is 0 Å². The molecule has 49 heavy (non-hydrogen) atoms. The molecule has 3 heterocycles. The van der Waals surface area contributed by atoms with E-state index in [-0.39, 0.29) is 25.6 Å². The Balaban J connectivity index is 1.50. The summed E-state index contributed by atoms with van der Waals surface area (Å²) in [7, 11) is 0. The zero-order valence-corrected chi connectivity index (χ0v) is 27.3. The Morgan fingerprint density at radius 2 is 1.61 bits per heavy atom. The quantitative estimate of drug-likeness (QED) is 0.0522. The van der Waals surface area contributed by atoms with E-state index < -0.39 is 111 Å². The summed E-state index contributed by atoms with van der Waals surface area (Å²) >= 11 is 0. The lowest BCUT2D eigenvalue weighted by Gasteiger charge is -2.45. The highest BCUT2D eigenvalue weighted by Gasteiger charge is 2.54. The molecule has 2 saturated heterocycles. The summed E-state index contributed by atoms with van der Waals surface area (Å²) < 4.78 is 35.8. The monoisotopic (exact) mass is 709 g/mol. The Hall–Kier alpha value is -1.51. The first-order valence-electron chi connectivity index (χ1n) is 16.7. The molecule has 0 aromatic carbocycles. The number of ether oxygens (including phenoxy) is 6. The van der Waals surface area contributed by atoms with Gasteiger partial charge in [0.1, 0.15) is 61.0 Å². The van der Waals surface area contributed by atoms with Crippen molar-refractivity contribution in [2.75, 3.05) is 39.3 Å². The summed E-state index contributed by atoms with van der Waals surface area (Å²) in [5.74, 6) is -0.833. The van der Waals surface area contributed by atoms with Gasteiger partial charge in [0.05, 0.1) is 24.8 Å². The van der Waals surface area contributed by atoms with Gasteiger partial charge in [0, 0.05) is 32.1 Å². The van der Waals surface area contributed by atoms with Gasteiger partial charge < -0.3 is 98.4 Å². The largest absolute Gasteiger partial charge is 0.394 e. The molecule has 18 N–H and O–H groups in total. The summed E-state index contributed by atoms with van der Waals surface area (Å²) in [4.78, 5) is 12.5. The molecule has 1 amide bonds. The molecule has 0 aromatic rings. The minimum absolute atomic E-state index is 0.00777. The Morgan fingerprint density at radius 3 is 2.29 bits per heavy atom. The number of rotatable bonds is 16. The van der Waals surface area contributed by atoms with E-state index in [2.05, 4.69) is 10.6 Å². The number of carbonyl (C=O) groups excluding carboxylic acids is 1. The average molecular weight is 710 g/mol. The van der Waals surface area contributed by atoms with Gasteiger partial charge in [-0.2, -0.15) is 0 Å². The van der Waals surface area contributed by atoms with Crippen molar-refractivity contribution in [1.82, 2.24) is 10.6 Å². The van der Waals surface area contributed by atoms with Crippen molar-refractivity contribution in [3.63, 3.8) is 0 Å². The van der Waals surface area contributed by atoms with Crippen LogP contribution in [0.5, 0.6) is 0 Å². The molecule has 0 bridgehead atoms. The average Bonchev–Trinajstić information content (AvgIpc) is 3.39. The van der Waals surface area contributed by atoms with Gasteiger partial charge >= 0.3 is 0 Å². The van der Waals surface area contributed by atoms with Crippen molar-refractivity contribution in [1.29, 1.82) is 0 Å². The van der Waals surface area contributed by atoms with Gasteiger partial charge in [0.15, 0.2) is 18.9 Å². The molecule has 20 heteroatoms. The maximum atomic E-state index is 12.5. The number of amides is 1. The summed E-state index contributed by atoms with van der Waals surface area (Å²) in [5, 5.41) is 69.3. The summed E-state index contributed by atoms with van der Waals surface area (Å²) in [5.41, 5.74) is 29.2. The maximum Gasteiger partial charge on any atom is 0.250 e. The van der Waals surface area contributed by atoms with Crippen LogP contribution in [-0.4, -0.2) is 180 Å². The number of aliphatic hydroxyl groups excluding tert-OH is 6. The first kappa shape index (κ1) is 40.3. The molecule has 1 aliphatic carbocycles. The molecule has 17 unspecified atom stereocenters. The van der Waals surface area contributed by atoms with Crippen LogP contribution in [0.25, 0.3) is 0 Å². The van der Waals surface area contributed by atoms with Crippen LogP contribution in [-0.2, 0) is 33.2 Å². The van der Waals surface area contributed by atoms with Crippen molar-refractivity contribution in [3.8, 4) is 0 Å². The van der Waals surface area contributed by atoms with Crippen molar-refractivity contribution < 1.29 is 63.9 Å². The fourth-order valence-corrected chi connectivity index (χ4v) is 6.30. The van der Waals surface area contributed by atoms with E-state index in [1.165, 1.54) is 0 Å². The molecule has 4 aliphatic rings. The highest BCUT2D eigenvalue weighted by atomic mass is 16.8. The second kappa shape index (κ2) is 18.8. The lowest BCUT2D eigenvalue weighted by molar-refractivity contribution is -0.283. The highest BCUT2D eigenvalue weighted by molar-refractivity contribution is 5.81. The van der Waals surface area contributed by atoms with Crippen LogP contribution in [0.1, 0.15) is 19.3 Å². The molecule has 4 rings (SSSR count). The summed E-state index contributed by atoms with van der Waals surface area (Å²) in [6.07, 6.45) is -12.6. The highest BCUT2D eigenvalue weighted by Crippen LogP contribution is 2.34. The fraction of sp³-hybridized carbons (Fsp3) is 0.897. The van der Waals surface area contributed by atoms with Crippen molar-refractivity contribution in [2.45, 2.75) is 123 Å². The van der Waals surface area contributed by atoms with Crippen molar-refractivity contribution in [2.24, 2.45) is 28.7 Å². The Bertz CT molecular complexity index is 1050. The Morgan fingerprint density at radius 1 is 0.898 bits per heavy atom. The van der Waals surface area contributed by atoms with Crippen LogP contribution in [0.15, 0.2) is 12.2 Å². The molecular weight excluding hydrogens is 654 g/mol.